The van der Waals surface area contributed by atoms with Crippen molar-refractivity contribution in [3.8, 4) is 5.75 Å². The second kappa shape index (κ2) is 9.72. The van der Waals surface area contributed by atoms with Crippen LogP contribution in [0.15, 0.2) is 59.5 Å². The van der Waals surface area contributed by atoms with Crippen LogP contribution in [0.25, 0.3) is 0 Å². The Kier molecular flexibility index (Phi) is 7.35. The molecule has 2 atom stereocenters. The highest BCUT2D eigenvalue weighted by molar-refractivity contribution is 7.96. The van der Waals surface area contributed by atoms with Crippen molar-refractivity contribution in [2.24, 2.45) is 0 Å². The average Bonchev–Trinajstić information content (AvgIpc) is 2.63. The van der Waals surface area contributed by atoms with Gasteiger partial charge in [-0.15, -0.1) is 0 Å². The molecule has 26 heavy (non-hydrogen) atoms. The minimum Gasteiger partial charge on any atom is -0.508 e. The number of phenolic OH excluding ortho intramolecular Hbond substituents is 1. The van der Waals surface area contributed by atoms with E-state index < -0.39 is 18.1 Å². The summed E-state index contributed by atoms with van der Waals surface area (Å²) in [7, 11) is -0.0501. The Morgan fingerprint density at radius 3 is 2.38 bits per heavy atom. The second-order valence-corrected chi connectivity index (χ2v) is 7.85. The first-order chi connectivity index (χ1) is 12.5. The van der Waals surface area contributed by atoms with E-state index >= 15 is 0 Å². The van der Waals surface area contributed by atoms with Crippen molar-refractivity contribution in [1.29, 1.82) is 0 Å². The summed E-state index contributed by atoms with van der Waals surface area (Å²) >= 11 is 0. The van der Waals surface area contributed by atoms with Gasteiger partial charge in [-0.25, -0.2) is 9.59 Å². The van der Waals surface area contributed by atoms with E-state index in [1.807, 2.05) is 30.3 Å². The number of ether oxygens (including phenoxy) is 1. The Hall–Kier alpha value is -2.67. The smallest absolute Gasteiger partial charge is 0.408 e. The summed E-state index contributed by atoms with van der Waals surface area (Å²) in [5, 5.41) is 20.9. The number of aromatic hydroxyl groups is 1. The van der Waals surface area contributed by atoms with Crippen LogP contribution in [-0.2, 0) is 26.8 Å². The highest BCUT2D eigenvalue weighted by Gasteiger charge is 2.22. The number of alkyl carbamates (subject to hydrolysis) is 1. The second-order valence-electron chi connectivity index (χ2n) is 5.70. The number of rotatable bonds is 8. The number of carboxylic acids is 1. The van der Waals surface area contributed by atoms with Gasteiger partial charge in [0.1, 0.15) is 30.4 Å². The van der Waals surface area contributed by atoms with Crippen molar-refractivity contribution in [2.45, 2.75) is 17.4 Å². The fourth-order valence-corrected chi connectivity index (χ4v) is 3.47. The molecular formula is C19H22NO5S+. The lowest BCUT2D eigenvalue weighted by atomic mass is 10.1. The lowest BCUT2D eigenvalue weighted by molar-refractivity contribution is -0.139. The van der Waals surface area contributed by atoms with Crippen LogP contribution in [0.4, 0.5) is 4.79 Å². The molecule has 1 unspecified atom stereocenters. The maximum atomic E-state index is 11.9. The van der Waals surface area contributed by atoms with E-state index in [1.54, 1.807) is 12.1 Å². The molecule has 0 saturated heterocycles. The fourth-order valence-electron chi connectivity index (χ4n) is 2.28. The number of nitrogens with one attached hydrogen (secondary N) is 1. The fraction of sp³-hybridized carbons (Fsp3) is 0.263. The molecule has 0 aromatic heterocycles. The Balaban J connectivity index is 1.80. The highest BCUT2D eigenvalue weighted by Crippen LogP contribution is 2.12. The Morgan fingerprint density at radius 2 is 1.77 bits per heavy atom. The summed E-state index contributed by atoms with van der Waals surface area (Å²) in [6.45, 7) is 0.214. The van der Waals surface area contributed by atoms with Crippen molar-refractivity contribution in [3.05, 3.63) is 60.2 Å². The summed E-state index contributed by atoms with van der Waals surface area (Å²) < 4.78 is 5.13. The van der Waals surface area contributed by atoms with E-state index in [2.05, 4.69) is 11.6 Å². The normalized spacial score (nSPS) is 12.8. The molecule has 0 radical (unpaired) electrons. The summed E-state index contributed by atoms with van der Waals surface area (Å²) in [6.07, 6.45) is 1.43. The van der Waals surface area contributed by atoms with Gasteiger partial charge >= 0.3 is 12.1 Å². The van der Waals surface area contributed by atoms with Gasteiger partial charge in [0.15, 0.2) is 4.90 Å². The molecule has 0 aliphatic rings. The molecule has 0 heterocycles. The Morgan fingerprint density at radius 1 is 1.12 bits per heavy atom. The molecule has 0 aliphatic heterocycles. The minimum absolute atomic E-state index is 0.0501. The van der Waals surface area contributed by atoms with Gasteiger partial charge in [-0.1, -0.05) is 30.3 Å². The van der Waals surface area contributed by atoms with Gasteiger partial charge in [-0.05, 0) is 29.8 Å². The third-order valence-electron chi connectivity index (χ3n) is 3.73. The zero-order valence-electron chi connectivity index (χ0n) is 14.4. The molecule has 0 aliphatic carbocycles. The van der Waals surface area contributed by atoms with Crippen molar-refractivity contribution in [2.75, 3.05) is 18.6 Å². The Labute approximate surface area is 155 Å². The SMILES string of the molecule is C[S+](CCOC(=O)N[C@@H](Cc1ccc(O)cc1)C(=O)O)c1ccccc1. The van der Waals surface area contributed by atoms with Crippen LogP contribution < -0.4 is 5.32 Å². The van der Waals surface area contributed by atoms with Crippen molar-refractivity contribution in [3.63, 3.8) is 0 Å². The quantitative estimate of drug-likeness (QED) is 0.615. The molecular weight excluding hydrogens is 354 g/mol. The van der Waals surface area contributed by atoms with Gasteiger partial charge in [0.2, 0.25) is 0 Å². The van der Waals surface area contributed by atoms with E-state index in [-0.39, 0.29) is 29.7 Å². The molecule has 2 aromatic rings. The predicted molar refractivity (Wildman–Crippen MR) is 101 cm³/mol. The van der Waals surface area contributed by atoms with E-state index in [0.29, 0.717) is 11.3 Å². The van der Waals surface area contributed by atoms with Gasteiger partial charge < -0.3 is 20.3 Å². The maximum Gasteiger partial charge on any atom is 0.408 e. The molecule has 6 nitrogen and oxygen atoms in total. The molecule has 7 heteroatoms. The average molecular weight is 376 g/mol. The number of phenols is 1. The number of hydrogen-bond acceptors (Lipinski definition) is 4. The van der Waals surface area contributed by atoms with Gasteiger partial charge in [-0.3, -0.25) is 0 Å². The van der Waals surface area contributed by atoms with E-state index in [4.69, 9.17) is 4.74 Å². The molecule has 3 N–H and O–H groups in total. The summed E-state index contributed by atoms with van der Waals surface area (Å²) in [4.78, 5) is 24.4. The van der Waals surface area contributed by atoms with Gasteiger partial charge in [0, 0.05) is 17.3 Å². The molecule has 138 valence electrons. The van der Waals surface area contributed by atoms with Gasteiger partial charge in [0.25, 0.3) is 0 Å². The number of amides is 1. The van der Waals surface area contributed by atoms with Gasteiger partial charge in [-0.2, -0.15) is 0 Å². The van der Waals surface area contributed by atoms with Crippen molar-refractivity contribution >= 4 is 23.0 Å². The standard InChI is InChI=1S/C19H21NO5S/c1-26(16-5-3-2-4-6-16)12-11-25-19(24)20-17(18(22)23)13-14-7-9-15(21)10-8-14/h2-10,17H,11-13H2,1H3,(H2-,20,21,22,23,24)/p+1/t17-,26?/m0/s1. The largest absolute Gasteiger partial charge is 0.508 e. The first-order valence-electron chi connectivity index (χ1n) is 8.07. The number of carbonyl (C=O) groups is 2. The van der Waals surface area contributed by atoms with Crippen molar-refractivity contribution in [1.82, 2.24) is 5.32 Å². The zero-order valence-corrected chi connectivity index (χ0v) is 15.2. The highest BCUT2D eigenvalue weighted by atomic mass is 32.2. The van der Waals surface area contributed by atoms with E-state index in [1.165, 1.54) is 17.0 Å². The number of carbonyl (C=O) groups excluding carboxylic acids is 1. The minimum atomic E-state index is -1.14. The van der Waals surface area contributed by atoms with Crippen LogP contribution in [0.5, 0.6) is 5.75 Å². The summed E-state index contributed by atoms with van der Waals surface area (Å²) in [5.41, 5.74) is 0.690. The first kappa shape index (κ1) is 19.7. The van der Waals surface area contributed by atoms with Crippen LogP contribution in [-0.4, -0.2) is 46.9 Å². The number of hydrogen-bond donors (Lipinski definition) is 3. The topological polar surface area (TPSA) is 95.9 Å². The van der Waals surface area contributed by atoms with Crippen LogP contribution in [0, 0.1) is 0 Å². The van der Waals surface area contributed by atoms with Gasteiger partial charge in [0.05, 0.1) is 0 Å². The van der Waals surface area contributed by atoms with Crippen LogP contribution in [0.2, 0.25) is 0 Å². The van der Waals surface area contributed by atoms with E-state index in [9.17, 15) is 19.8 Å². The molecule has 2 rings (SSSR count). The third-order valence-corrected chi connectivity index (χ3v) is 5.59. The number of aliphatic carboxylic acids is 1. The summed E-state index contributed by atoms with van der Waals surface area (Å²) in [5.74, 6) is -0.372. The van der Waals surface area contributed by atoms with Crippen LogP contribution in [0.3, 0.4) is 0 Å². The molecule has 0 spiro atoms. The number of carboxylic acid groups (broad SMARTS) is 1. The molecule has 1 amide bonds. The zero-order chi connectivity index (χ0) is 18.9. The molecule has 0 fully saturated rings. The monoisotopic (exact) mass is 376 g/mol. The maximum absolute atomic E-state index is 11.9. The lowest BCUT2D eigenvalue weighted by Gasteiger charge is -2.14. The third kappa shape index (κ3) is 6.33. The molecule has 0 saturated carbocycles. The van der Waals surface area contributed by atoms with Crippen molar-refractivity contribution < 1.29 is 24.5 Å². The predicted octanol–water partition coefficient (Wildman–Crippen LogP) is 2.42. The summed E-state index contributed by atoms with van der Waals surface area (Å²) in [6, 6.07) is 15.0. The number of benzene rings is 2. The molecule has 2 aromatic carbocycles. The van der Waals surface area contributed by atoms with Crippen LogP contribution >= 0.6 is 0 Å². The van der Waals surface area contributed by atoms with Crippen LogP contribution in [0.1, 0.15) is 5.56 Å². The Bertz CT molecular complexity index is 720. The first-order valence-corrected chi connectivity index (χ1v) is 9.87. The molecule has 0 bridgehead atoms. The van der Waals surface area contributed by atoms with E-state index in [0.717, 1.165) is 0 Å². The lowest BCUT2D eigenvalue weighted by Crippen LogP contribution is -2.42.